The van der Waals surface area contributed by atoms with Crippen LogP contribution in [-0.4, -0.2) is 37.6 Å². The van der Waals surface area contributed by atoms with Gasteiger partial charge in [0.25, 0.3) is 5.91 Å². The topological polar surface area (TPSA) is 29.5 Å². The van der Waals surface area contributed by atoms with Gasteiger partial charge in [0.1, 0.15) is 0 Å². The number of nitrogens with zero attached hydrogens (tertiary/aromatic N) is 1. The van der Waals surface area contributed by atoms with Gasteiger partial charge >= 0.3 is 0 Å². The number of carbonyl (C=O) groups is 1. The molecular weight excluding hydrogens is 294 g/mol. The van der Waals surface area contributed by atoms with E-state index in [1.807, 2.05) is 31.3 Å². The highest BCUT2D eigenvalue weighted by atomic mass is 79.9. The molecule has 1 aliphatic rings. The number of hydrogen-bond donors (Lipinski definition) is 0. The number of halogens is 1. The summed E-state index contributed by atoms with van der Waals surface area (Å²) in [5.41, 5.74) is 0.696. The highest BCUT2D eigenvalue weighted by molar-refractivity contribution is 9.10. The van der Waals surface area contributed by atoms with E-state index in [1.165, 1.54) is 12.8 Å². The molecule has 3 nitrogen and oxygen atoms in total. The Morgan fingerprint density at radius 2 is 2.17 bits per heavy atom. The summed E-state index contributed by atoms with van der Waals surface area (Å²) in [4.78, 5) is 13.8. The molecule has 18 heavy (non-hydrogen) atoms. The van der Waals surface area contributed by atoms with Gasteiger partial charge in [0, 0.05) is 24.7 Å². The highest BCUT2D eigenvalue weighted by Gasteiger charge is 2.21. The molecule has 0 bridgehead atoms. The Hall–Kier alpha value is -0.870. The van der Waals surface area contributed by atoms with Crippen LogP contribution in [0.4, 0.5) is 0 Å². The fourth-order valence-electron chi connectivity index (χ4n) is 1.68. The van der Waals surface area contributed by atoms with Gasteiger partial charge in [-0.2, -0.15) is 0 Å². The molecule has 0 radical (unpaired) electrons. The number of carbonyl (C=O) groups excluding carboxylic acids is 1. The van der Waals surface area contributed by atoms with E-state index in [4.69, 9.17) is 4.74 Å². The van der Waals surface area contributed by atoms with Crippen molar-refractivity contribution in [2.75, 3.05) is 26.8 Å². The predicted octanol–water partition coefficient (Wildman–Crippen LogP) is 2.95. The maximum Gasteiger partial charge on any atom is 0.254 e. The van der Waals surface area contributed by atoms with E-state index in [1.54, 1.807) is 4.90 Å². The van der Waals surface area contributed by atoms with Gasteiger partial charge in [0.2, 0.25) is 0 Å². The summed E-state index contributed by atoms with van der Waals surface area (Å²) in [6.07, 6.45) is 2.59. The fourth-order valence-corrected chi connectivity index (χ4v) is 2.13. The van der Waals surface area contributed by atoms with E-state index in [-0.39, 0.29) is 5.91 Å². The van der Waals surface area contributed by atoms with Crippen molar-refractivity contribution < 1.29 is 9.53 Å². The minimum Gasteiger partial charge on any atom is -0.379 e. The van der Waals surface area contributed by atoms with Crippen LogP contribution in [0, 0.1) is 5.92 Å². The predicted molar refractivity (Wildman–Crippen MR) is 74.6 cm³/mol. The van der Waals surface area contributed by atoms with Gasteiger partial charge in [-0.15, -0.1) is 0 Å². The standard InChI is InChI=1S/C14H18BrNO2/c1-16(8-9-18-10-11-6-7-11)14(17)12-4-2-3-5-13(12)15/h2-5,11H,6-10H2,1H3. The van der Waals surface area contributed by atoms with E-state index in [9.17, 15) is 4.79 Å². The molecule has 0 unspecified atom stereocenters. The van der Waals surface area contributed by atoms with E-state index >= 15 is 0 Å². The van der Waals surface area contributed by atoms with Crippen molar-refractivity contribution in [1.82, 2.24) is 4.90 Å². The zero-order valence-electron chi connectivity index (χ0n) is 10.6. The van der Waals surface area contributed by atoms with Crippen molar-refractivity contribution in [3.05, 3.63) is 34.3 Å². The number of rotatable bonds is 6. The molecular formula is C14H18BrNO2. The summed E-state index contributed by atoms with van der Waals surface area (Å²) >= 11 is 3.40. The number of amides is 1. The Morgan fingerprint density at radius 1 is 1.44 bits per heavy atom. The van der Waals surface area contributed by atoms with Crippen molar-refractivity contribution in [3.63, 3.8) is 0 Å². The van der Waals surface area contributed by atoms with Gasteiger partial charge in [-0.05, 0) is 46.8 Å². The van der Waals surface area contributed by atoms with Crippen molar-refractivity contribution in [2.24, 2.45) is 5.92 Å². The molecule has 0 spiro atoms. The summed E-state index contributed by atoms with van der Waals surface area (Å²) in [6, 6.07) is 7.48. The molecule has 1 aliphatic carbocycles. The zero-order chi connectivity index (χ0) is 13.0. The maximum absolute atomic E-state index is 12.1. The smallest absolute Gasteiger partial charge is 0.254 e. The second kappa shape index (κ2) is 6.34. The van der Waals surface area contributed by atoms with Gasteiger partial charge in [-0.1, -0.05) is 12.1 Å². The van der Waals surface area contributed by atoms with Crippen molar-refractivity contribution in [2.45, 2.75) is 12.8 Å². The van der Waals surface area contributed by atoms with Gasteiger partial charge < -0.3 is 9.64 Å². The lowest BCUT2D eigenvalue weighted by Crippen LogP contribution is -2.30. The molecule has 0 N–H and O–H groups in total. The summed E-state index contributed by atoms with van der Waals surface area (Å²) in [5.74, 6) is 0.798. The molecule has 1 fully saturated rings. The third-order valence-corrected chi connectivity index (χ3v) is 3.76. The van der Waals surface area contributed by atoms with Gasteiger partial charge in [-0.3, -0.25) is 4.79 Å². The van der Waals surface area contributed by atoms with Crippen LogP contribution in [0.3, 0.4) is 0 Å². The molecule has 1 saturated carbocycles. The first-order valence-electron chi connectivity index (χ1n) is 6.26. The molecule has 0 aromatic heterocycles. The average molecular weight is 312 g/mol. The van der Waals surface area contributed by atoms with Gasteiger partial charge in [0.15, 0.2) is 0 Å². The van der Waals surface area contributed by atoms with Crippen LogP contribution in [0.1, 0.15) is 23.2 Å². The minimum atomic E-state index is 0.0255. The molecule has 1 aromatic carbocycles. The van der Waals surface area contributed by atoms with Crippen LogP contribution in [-0.2, 0) is 4.74 Å². The Morgan fingerprint density at radius 3 is 2.83 bits per heavy atom. The van der Waals surface area contributed by atoms with Crippen LogP contribution in [0.2, 0.25) is 0 Å². The van der Waals surface area contributed by atoms with Crippen molar-refractivity contribution in [1.29, 1.82) is 0 Å². The average Bonchev–Trinajstić information content (AvgIpc) is 3.18. The van der Waals surface area contributed by atoms with Crippen LogP contribution in [0.25, 0.3) is 0 Å². The first-order valence-corrected chi connectivity index (χ1v) is 7.05. The highest BCUT2D eigenvalue weighted by Crippen LogP contribution is 2.28. The second-order valence-corrected chi connectivity index (χ2v) is 5.58. The van der Waals surface area contributed by atoms with E-state index in [0.717, 1.165) is 17.0 Å². The number of benzene rings is 1. The molecule has 0 atom stereocenters. The molecule has 0 aliphatic heterocycles. The van der Waals surface area contributed by atoms with E-state index in [2.05, 4.69) is 15.9 Å². The third kappa shape index (κ3) is 3.82. The van der Waals surface area contributed by atoms with Gasteiger partial charge in [0.05, 0.1) is 12.2 Å². The zero-order valence-corrected chi connectivity index (χ0v) is 12.1. The Kier molecular flexibility index (Phi) is 4.78. The Bertz CT molecular complexity index is 418. The number of ether oxygens (including phenoxy) is 1. The molecule has 4 heteroatoms. The lowest BCUT2D eigenvalue weighted by molar-refractivity contribution is 0.0680. The molecule has 1 amide bonds. The van der Waals surface area contributed by atoms with Crippen LogP contribution in [0.5, 0.6) is 0 Å². The Labute approximate surface area is 116 Å². The molecule has 0 saturated heterocycles. The molecule has 0 heterocycles. The number of likely N-dealkylation sites (N-methyl/N-ethyl adjacent to an activating group) is 1. The normalized spacial score (nSPS) is 14.6. The monoisotopic (exact) mass is 311 g/mol. The second-order valence-electron chi connectivity index (χ2n) is 4.72. The molecule has 98 valence electrons. The summed E-state index contributed by atoms with van der Waals surface area (Å²) in [7, 11) is 1.81. The minimum absolute atomic E-state index is 0.0255. The largest absolute Gasteiger partial charge is 0.379 e. The van der Waals surface area contributed by atoms with Crippen LogP contribution >= 0.6 is 15.9 Å². The fraction of sp³-hybridized carbons (Fsp3) is 0.500. The SMILES string of the molecule is CN(CCOCC1CC1)C(=O)c1ccccc1Br. The van der Waals surface area contributed by atoms with Crippen LogP contribution in [0.15, 0.2) is 28.7 Å². The maximum atomic E-state index is 12.1. The lowest BCUT2D eigenvalue weighted by atomic mass is 10.2. The lowest BCUT2D eigenvalue weighted by Gasteiger charge is -2.17. The molecule has 1 aromatic rings. The first kappa shape index (κ1) is 13.6. The third-order valence-electron chi connectivity index (χ3n) is 3.07. The van der Waals surface area contributed by atoms with Crippen LogP contribution < -0.4 is 0 Å². The summed E-state index contributed by atoms with van der Waals surface area (Å²) < 4.78 is 6.37. The quantitative estimate of drug-likeness (QED) is 0.756. The summed E-state index contributed by atoms with van der Waals surface area (Å²) in [5, 5.41) is 0. The number of hydrogen-bond acceptors (Lipinski definition) is 2. The van der Waals surface area contributed by atoms with E-state index in [0.29, 0.717) is 18.7 Å². The van der Waals surface area contributed by atoms with Crippen molar-refractivity contribution >= 4 is 21.8 Å². The first-order chi connectivity index (χ1) is 8.68. The summed E-state index contributed by atoms with van der Waals surface area (Å²) in [6.45, 7) is 2.09. The Balaban J connectivity index is 1.78. The van der Waals surface area contributed by atoms with Gasteiger partial charge in [-0.25, -0.2) is 0 Å². The van der Waals surface area contributed by atoms with E-state index < -0.39 is 0 Å². The molecule has 2 rings (SSSR count). The van der Waals surface area contributed by atoms with Crippen molar-refractivity contribution in [3.8, 4) is 0 Å².